The first-order valence-electron chi connectivity index (χ1n) is 5.95. The highest BCUT2D eigenvalue weighted by atomic mass is 16.6. The van der Waals surface area contributed by atoms with E-state index >= 15 is 0 Å². The van der Waals surface area contributed by atoms with E-state index < -0.39 is 24.5 Å². The van der Waals surface area contributed by atoms with Crippen LogP contribution in [0, 0.1) is 0 Å². The van der Waals surface area contributed by atoms with E-state index in [4.69, 9.17) is 4.74 Å². The number of nitrogens with one attached hydrogen (secondary N) is 1. The molecule has 0 saturated carbocycles. The third-order valence-corrected chi connectivity index (χ3v) is 3.07. The maximum atomic E-state index is 11.9. The second-order valence-corrected chi connectivity index (χ2v) is 4.47. The summed E-state index contributed by atoms with van der Waals surface area (Å²) in [5, 5.41) is 22.1. The molecule has 1 heterocycles. The highest BCUT2D eigenvalue weighted by Crippen LogP contribution is 2.19. The minimum absolute atomic E-state index is 0.185. The molecule has 1 saturated heterocycles. The molecular weight excluding hydrogens is 234 g/mol. The zero-order chi connectivity index (χ0) is 13.1. The number of benzene rings is 1. The molecule has 1 unspecified atom stereocenters. The summed E-state index contributed by atoms with van der Waals surface area (Å²) in [5.41, 5.74) is 0.526. The maximum Gasteiger partial charge on any atom is 0.251 e. The van der Waals surface area contributed by atoms with Crippen LogP contribution in [-0.4, -0.2) is 40.7 Å². The second-order valence-electron chi connectivity index (χ2n) is 4.47. The number of ether oxygens (including phenoxy) is 1. The van der Waals surface area contributed by atoms with Crippen molar-refractivity contribution in [1.82, 2.24) is 5.32 Å². The van der Waals surface area contributed by atoms with Crippen molar-refractivity contribution in [2.75, 3.05) is 0 Å². The highest BCUT2D eigenvalue weighted by Gasteiger charge is 2.35. The number of aliphatic hydroxyl groups is 2. The summed E-state index contributed by atoms with van der Waals surface area (Å²) >= 11 is 0. The molecule has 0 radical (unpaired) electrons. The van der Waals surface area contributed by atoms with Gasteiger partial charge in [0.25, 0.3) is 5.91 Å². The van der Waals surface area contributed by atoms with Gasteiger partial charge in [-0.2, -0.15) is 0 Å². The molecule has 0 aliphatic carbocycles. The van der Waals surface area contributed by atoms with Gasteiger partial charge in [0, 0.05) is 12.0 Å². The van der Waals surface area contributed by atoms with Crippen molar-refractivity contribution in [1.29, 1.82) is 0 Å². The third kappa shape index (κ3) is 2.87. The monoisotopic (exact) mass is 251 g/mol. The molecule has 98 valence electrons. The van der Waals surface area contributed by atoms with Crippen molar-refractivity contribution in [2.45, 2.75) is 37.9 Å². The van der Waals surface area contributed by atoms with E-state index in [0.29, 0.717) is 5.56 Å². The molecule has 5 heteroatoms. The van der Waals surface area contributed by atoms with E-state index in [9.17, 15) is 15.0 Å². The number of rotatable bonds is 2. The average molecular weight is 251 g/mol. The van der Waals surface area contributed by atoms with Crippen LogP contribution in [-0.2, 0) is 4.74 Å². The predicted octanol–water partition coefficient (Wildman–Crippen LogP) is 0.273. The van der Waals surface area contributed by atoms with Crippen LogP contribution in [0.25, 0.3) is 0 Å². The molecule has 1 aromatic rings. The van der Waals surface area contributed by atoms with Gasteiger partial charge in [0.2, 0.25) is 0 Å². The lowest BCUT2D eigenvalue weighted by molar-refractivity contribution is -0.201. The number of carbonyl (C=O) groups is 1. The van der Waals surface area contributed by atoms with Crippen molar-refractivity contribution in [3.8, 4) is 0 Å². The number of carbonyl (C=O) groups excluding carboxylic acids is 1. The second kappa shape index (κ2) is 5.48. The molecule has 1 amide bonds. The van der Waals surface area contributed by atoms with Crippen molar-refractivity contribution >= 4 is 5.91 Å². The van der Waals surface area contributed by atoms with Gasteiger partial charge in [0.15, 0.2) is 6.29 Å². The molecule has 5 nitrogen and oxygen atoms in total. The standard InChI is InChI=1S/C13H17NO4/c1-8-12(16)10(7-11(15)18-8)14-13(17)9-5-3-2-4-6-9/h2-6,8,10-12,15-16H,7H2,1H3,(H,14,17)/t8-,10-,11?,12-/m1/s1. The normalized spacial score (nSPS) is 31.9. The topological polar surface area (TPSA) is 78.8 Å². The predicted molar refractivity (Wildman–Crippen MR) is 64.9 cm³/mol. The molecule has 1 fully saturated rings. The van der Waals surface area contributed by atoms with Crippen molar-refractivity contribution in [2.24, 2.45) is 0 Å². The van der Waals surface area contributed by atoms with Gasteiger partial charge < -0.3 is 20.3 Å². The van der Waals surface area contributed by atoms with E-state index in [1.54, 1.807) is 31.2 Å². The van der Waals surface area contributed by atoms with E-state index in [0.717, 1.165) is 0 Å². The third-order valence-electron chi connectivity index (χ3n) is 3.07. The lowest BCUT2D eigenvalue weighted by atomic mass is 9.99. The summed E-state index contributed by atoms with van der Waals surface area (Å²) in [6.07, 6.45) is -2.09. The molecule has 1 aromatic carbocycles. The lowest BCUT2D eigenvalue weighted by Gasteiger charge is -2.36. The highest BCUT2D eigenvalue weighted by molar-refractivity contribution is 5.94. The molecule has 4 atom stereocenters. The fourth-order valence-electron chi connectivity index (χ4n) is 2.05. The van der Waals surface area contributed by atoms with Crippen molar-refractivity contribution in [3.05, 3.63) is 35.9 Å². The fourth-order valence-corrected chi connectivity index (χ4v) is 2.05. The fraction of sp³-hybridized carbons (Fsp3) is 0.462. The summed E-state index contributed by atoms with van der Waals surface area (Å²) < 4.78 is 5.07. The summed E-state index contributed by atoms with van der Waals surface area (Å²) in [7, 11) is 0. The van der Waals surface area contributed by atoms with Gasteiger partial charge in [0.1, 0.15) is 6.10 Å². The molecule has 18 heavy (non-hydrogen) atoms. The summed E-state index contributed by atoms with van der Waals surface area (Å²) in [5.74, 6) is -0.263. The summed E-state index contributed by atoms with van der Waals surface area (Å²) in [6, 6.07) is 8.25. The molecule has 0 aromatic heterocycles. The Hall–Kier alpha value is -1.43. The zero-order valence-electron chi connectivity index (χ0n) is 10.1. The first-order valence-corrected chi connectivity index (χ1v) is 5.95. The SMILES string of the molecule is C[C@H]1OC(O)C[C@@H](NC(=O)c2ccccc2)[C@@H]1O. The minimum Gasteiger partial charge on any atom is -0.388 e. The van der Waals surface area contributed by atoms with Crippen molar-refractivity contribution in [3.63, 3.8) is 0 Å². The largest absolute Gasteiger partial charge is 0.388 e. The Kier molecular flexibility index (Phi) is 3.96. The molecule has 1 aliphatic heterocycles. The van der Waals surface area contributed by atoms with Crippen LogP contribution >= 0.6 is 0 Å². The Balaban J connectivity index is 2.02. The first-order chi connectivity index (χ1) is 8.58. The Labute approximate surface area is 105 Å². The Morgan fingerprint density at radius 1 is 1.33 bits per heavy atom. The van der Waals surface area contributed by atoms with Gasteiger partial charge in [-0.25, -0.2) is 0 Å². The van der Waals surface area contributed by atoms with E-state index in [2.05, 4.69) is 5.32 Å². The minimum atomic E-state index is -0.954. The van der Waals surface area contributed by atoms with Gasteiger partial charge in [-0.15, -0.1) is 0 Å². The number of hydrogen-bond donors (Lipinski definition) is 3. The maximum absolute atomic E-state index is 11.9. The van der Waals surface area contributed by atoms with Crippen LogP contribution in [0.1, 0.15) is 23.7 Å². The van der Waals surface area contributed by atoms with Gasteiger partial charge in [-0.1, -0.05) is 18.2 Å². The molecule has 3 N–H and O–H groups in total. The van der Waals surface area contributed by atoms with E-state index in [-0.39, 0.29) is 12.3 Å². The van der Waals surface area contributed by atoms with Crippen LogP contribution in [0.15, 0.2) is 30.3 Å². The Morgan fingerprint density at radius 2 is 2.00 bits per heavy atom. The van der Waals surface area contributed by atoms with E-state index in [1.807, 2.05) is 6.07 Å². The van der Waals surface area contributed by atoms with Crippen LogP contribution in [0.2, 0.25) is 0 Å². The molecule has 0 spiro atoms. The lowest BCUT2D eigenvalue weighted by Crippen LogP contribution is -2.54. The van der Waals surface area contributed by atoms with Gasteiger partial charge in [0.05, 0.1) is 12.1 Å². The Morgan fingerprint density at radius 3 is 2.67 bits per heavy atom. The number of aliphatic hydroxyl groups excluding tert-OH is 2. The Bertz CT molecular complexity index is 409. The zero-order valence-corrected chi connectivity index (χ0v) is 10.1. The number of amides is 1. The van der Waals surface area contributed by atoms with Gasteiger partial charge in [-0.05, 0) is 19.1 Å². The molecule has 1 aliphatic rings. The first kappa shape index (κ1) is 13.0. The number of hydrogen-bond acceptors (Lipinski definition) is 4. The van der Waals surface area contributed by atoms with Gasteiger partial charge in [-0.3, -0.25) is 4.79 Å². The van der Waals surface area contributed by atoms with Crippen LogP contribution in [0.5, 0.6) is 0 Å². The van der Waals surface area contributed by atoms with Crippen molar-refractivity contribution < 1.29 is 19.7 Å². The molecule has 0 bridgehead atoms. The van der Waals surface area contributed by atoms with E-state index in [1.165, 1.54) is 0 Å². The summed E-state index contributed by atoms with van der Waals surface area (Å²) in [6.45, 7) is 1.66. The van der Waals surface area contributed by atoms with Crippen LogP contribution in [0.3, 0.4) is 0 Å². The quantitative estimate of drug-likeness (QED) is 0.705. The van der Waals surface area contributed by atoms with Gasteiger partial charge >= 0.3 is 0 Å². The molecule has 2 rings (SSSR count). The smallest absolute Gasteiger partial charge is 0.251 e. The summed E-state index contributed by atoms with van der Waals surface area (Å²) in [4.78, 5) is 11.9. The molecular formula is C13H17NO4. The van der Waals surface area contributed by atoms with Crippen LogP contribution < -0.4 is 5.32 Å². The van der Waals surface area contributed by atoms with Crippen LogP contribution in [0.4, 0.5) is 0 Å². The average Bonchev–Trinajstić information content (AvgIpc) is 2.36.